The van der Waals surface area contributed by atoms with Crippen LogP contribution in [0.2, 0.25) is 0 Å². The van der Waals surface area contributed by atoms with Gasteiger partial charge in [0.15, 0.2) is 11.4 Å². The molecule has 2 aromatic heterocycles. The fourth-order valence-electron chi connectivity index (χ4n) is 2.31. The van der Waals surface area contributed by atoms with Crippen LogP contribution in [0.1, 0.15) is 32.1 Å². The number of rotatable bonds is 2. The van der Waals surface area contributed by atoms with Crippen molar-refractivity contribution in [2.75, 3.05) is 0 Å². The third-order valence-corrected chi connectivity index (χ3v) is 3.28. The minimum absolute atomic E-state index is 0.0000993. The Balaban J connectivity index is 1.61. The average molecular weight is 261 g/mol. The molecule has 3 rings (SSSR count). The van der Waals surface area contributed by atoms with Gasteiger partial charge in [0, 0.05) is 0 Å². The molecule has 0 atom stereocenters. The average Bonchev–Trinajstić information content (AvgIpc) is 2.87. The second kappa shape index (κ2) is 5.26. The topological polar surface area (TPSA) is 65.7 Å². The van der Waals surface area contributed by atoms with Gasteiger partial charge in [-0.2, -0.15) is 0 Å². The molecule has 0 amide bonds. The van der Waals surface area contributed by atoms with E-state index in [4.69, 9.17) is 9.47 Å². The molecule has 19 heavy (non-hydrogen) atoms. The summed E-state index contributed by atoms with van der Waals surface area (Å²) >= 11 is 0. The van der Waals surface area contributed by atoms with E-state index in [0.29, 0.717) is 11.4 Å². The SMILES string of the molecule is O=C(Oc1ccc2nncn2c1)OC1CCCCC1. The zero-order chi connectivity index (χ0) is 13.1. The number of pyridine rings is 1. The number of fused-ring (bicyclic) bond motifs is 1. The van der Waals surface area contributed by atoms with Crippen LogP contribution in [0.3, 0.4) is 0 Å². The van der Waals surface area contributed by atoms with Crippen LogP contribution in [0, 0.1) is 0 Å². The van der Waals surface area contributed by atoms with Gasteiger partial charge in [-0.3, -0.25) is 4.40 Å². The van der Waals surface area contributed by atoms with Gasteiger partial charge in [0.1, 0.15) is 12.4 Å². The maximum atomic E-state index is 11.7. The summed E-state index contributed by atoms with van der Waals surface area (Å²) in [7, 11) is 0. The van der Waals surface area contributed by atoms with Gasteiger partial charge in [-0.15, -0.1) is 10.2 Å². The van der Waals surface area contributed by atoms with E-state index < -0.39 is 6.16 Å². The Morgan fingerprint density at radius 2 is 2.11 bits per heavy atom. The van der Waals surface area contributed by atoms with E-state index in [9.17, 15) is 4.79 Å². The second-order valence-electron chi connectivity index (χ2n) is 4.69. The molecule has 1 fully saturated rings. The maximum Gasteiger partial charge on any atom is 0.514 e. The number of aromatic nitrogens is 3. The lowest BCUT2D eigenvalue weighted by molar-refractivity contribution is 0.0416. The van der Waals surface area contributed by atoms with E-state index in [1.165, 1.54) is 6.42 Å². The minimum Gasteiger partial charge on any atom is -0.431 e. The zero-order valence-electron chi connectivity index (χ0n) is 10.5. The Bertz CT molecular complexity index is 575. The van der Waals surface area contributed by atoms with Crippen LogP contribution in [-0.2, 0) is 4.74 Å². The predicted molar refractivity (Wildman–Crippen MR) is 67.0 cm³/mol. The fourth-order valence-corrected chi connectivity index (χ4v) is 2.31. The van der Waals surface area contributed by atoms with Crippen molar-refractivity contribution in [3.8, 4) is 5.75 Å². The van der Waals surface area contributed by atoms with E-state index in [-0.39, 0.29) is 6.10 Å². The quantitative estimate of drug-likeness (QED) is 0.777. The molecule has 6 nitrogen and oxygen atoms in total. The molecule has 0 saturated heterocycles. The highest BCUT2D eigenvalue weighted by Gasteiger charge is 2.19. The van der Waals surface area contributed by atoms with Gasteiger partial charge in [0.05, 0.1) is 6.20 Å². The highest BCUT2D eigenvalue weighted by Crippen LogP contribution is 2.21. The van der Waals surface area contributed by atoms with Crippen molar-refractivity contribution in [1.82, 2.24) is 14.6 Å². The third kappa shape index (κ3) is 2.83. The van der Waals surface area contributed by atoms with E-state index in [1.807, 2.05) is 0 Å². The number of hydrogen-bond donors (Lipinski definition) is 0. The van der Waals surface area contributed by atoms with Gasteiger partial charge in [-0.1, -0.05) is 6.42 Å². The molecule has 0 aromatic carbocycles. The molecule has 2 aromatic rings. The smallest absolute Gasteiger partial charge is 0.431 e. The molecule has 0 radical (unpaired) electrons. The van der Waals surface area contributed by atoms with Gasteiger partial charge in [-0.25, -0.2) is 4.79 Å². The Morgan fingerprint density at radius 1 is 1.26 bits per heavy atom. The van der Waals surface area contributed by atoms with E-state index >= 15 is 0 Å². The van der Waals surface area contributed by atoms with Crippen LogP contribution in [0.25, 0.3) is 5.65 Å². The van der Waals surface area contributed by atoms with Crippen molar-refractivity contribution in [3.05, 3.63) is 24.7 Å². The Hall–Kier alpha value is -2.11. The largest absolute Gasteiger partial charge is 0.514 e. The van der Waals surface area contributed by atoms with E-state index in [2.05, 4.69) is 10.2 Å². The summed E-state index contributed by atoms with van der Waals surface area (Å²) in [5.41, 5.74) is 0.702. The lowest BCUT2D eigenvalue weighted by Crippen LogP contribution is -2.23. The molecule has 100 valence electrons. The number of ether oxygens (including phenoxy) is 2. The molecule has 0 unspecified atom stereocenters. The van der Waals surface area contributed by atoms with Gasteiger partial charge in [0.2, 0.25) is 0 Å². The molecular formula is C13H15N3O3. The first-order valence-corrected chi connectivity index (χ1v) is 6.49. The summed E-state index contributed by atoms with van der Waals surface area (Å²) in [5.74, 6) is 0.424. The minimum atomic E-state index is -0.640. The maximum absolute atomic E-state index is 11.7. The van der Waals surface area contributed by atoms with Gasteiger partial charge in [0.25, 0.3) is 0 Å². The van der Waals surface area contributed by atoms with Gasteiger partial charge >= 0.3 is 6.16 Å². The third-order valence-electron chi connectivity index (χ3n) is 3.28. The summed E-state index contributed by atoms with van der Waals surface area (Å²) in [6.07, 6.45) is 7.87. The molecule has 0 bridgehead atoms. The Kier molecular flexibility index (Phi) is 3.31. The van der Waals surface area contributed by atoms with Crippen LogP contribution in [0.4, 0.5) is 4.79 Å². The molecule has 0 N–H and O–H groups in total. The van der Waals surface area contributed by atoms with Crippen molar-refractivity contribution in [2.24, 2.45) is 0 Å². The van der Waals surface area contributed by atoms with Crippen LogP contribution in [-0.4, -0.2) is 26.9 Å². The van der Waals surface area contributed by atoms with Crippen molar-refractivity contribution in [1.29, 1.82) is 0 Å². The second-order valence-corrected chi connectivity index (χ2v) is 4.69. The first-order valence-electron chi connectivity index (χ1n) is 6.49. The Labute approximate surface area is 110 Å². The number of carbonyl (C=O) groups is 1. The summed E-state index contributed by atoms with van der Waals surface area (Å²) in [6, 6.07) is 3.41. The van der Waals surface area contributed by atoms with Crippen molar-refractivity contribution < 1.29 is 14.3 Å². The van der Waals surface area contributed by atoms with Crippen LogP contribution < -0.4 is 4.74 Å². The molecule has 6 heteroatoms. The standard InChI is InChI=1S/C13H15N3O3/c17-13(18-10-4-2-1-3-5-10)19-11-6-7-12-15-14-9-16(12)8-11/h6-10H,1-5H2. The molecule has 1 aliphatic rings. The predicted octanol–water partition coefficient (Wildman–Crippen LogP) is 2.58. The summed E-state index contributed by atoms with van der Waals surface area (Å²) in [4.78, 5) is 11.7. The molecule has 1 aliphatic carbocycles. The number of carbonyl (C=O) groups excluding carboxylic acids is 1. The van der Waals surface area contributed by atoms with Gasteiger partial charge < -0.3 is 9.47 Å². The molecule has 0 aliphatic heterocycles. The summed E-state index contributed by atoms with van der Waals surface area (Å²) in [6.45, 7) is 0. The molecule has 0 spiro atoms. The molecular weight excluding hydrogens is 246 g/mol. The van der Waals surface area contributed by atoms with Crippen molar-refractivity contribution >= 4 is 11.8 Å². The summed E-state index contributed by atoms with van der Waals surface area (Å²) < 4.78 is 12.1. The monoisotopic (exact) mass is 261 g/mol. The first-order chi connectivity index (χ1) is 9.31. The highest BCUT2D eigenvalue weighted by atomic mass is 16.7. The summed E-state index contributed by atoms with van der Waals surface area (Å²) in [5, 5.41) is 7.63. The number of hydrogen-bond acceptors (Lipinski definition) is 5. The van der Waals surface area contributed by atoms with E-state index in [0.717, 1.165) is 25.7 Å². The lowest BCUT2D eigenvalue weighted by Gasteiger charge is -2.21. The zero-order valence-corrected chi connectivity index (χ0v) is 10.5. The molecule has 1 saturated carbocycles. The Morgan fingerprint density at radius 3 is 2.95 bits per heavy atom. The van der Waals surface area contributed by atoms with Gasteiger partial charge in [-0.05, 0) is 37.8 Å². The fraction of sp³-hybridized carbons (Fsp3) is 0.462. The van der Waals surface area contributed by atoms with Crippen molar-refractivity contribution in [3.63, 3.8) is 0 Å². The first kappa shape index (κ1) is 12.0. The van der Waals surface area contributed by atoms with Crippen molar-refractivity contribution in [2.45, 2.75) is 38.2 Å². The van der Waals surface area contributed by atoms with Crippen LogP contribution in [0.5, 0.6) is 5.75 Å². The lowest BCUT2D eigenvalue weighted by atomic mass is 9.98. The van der Waals surface area contributed by atoms with Crippen LogP contribution in [0.15, 0.2) is 24.7 Å². The number of nitrogens with zero attached hydrogens (tertiary/aromatic N) is 3. The van der Waals surface area contributed by atoms with Crippen LogP contribution >= 0.6 is 0 Å². The van der Waals surface area contributed by atoms with E-state index in [1.54, 1.807) is 29.1 Å². The highest BCUT2D eigenvalue weighted by molar-refractivity contribution is 5.64. The molecule has 2 heterocycles. The normalized spacial score (nSPS) is 16.4.